The first-order chi connectivity index (χ1) is 18.2. The highest BCUT2D eigenvalue weighted by Crippen LogP contribution is 2.30. The quantitative estimate of drug-likeness (QED) is 0.367. The van der Waals surface area contributed by atoms with Crippen LogP contribution in [0, 0.1) is 0 Å². The number of rotatable bonds is 6. The molecule has 0 aliphatic carbocycles. The van der Waals surface area contributed by atoms with Crippen LogP contribution in [0.15, 0.2) is 95.8 Å². The largest absolute Gasteiger partial charge is 0.508 e. The zero-order valence-corrected chi connectivity index (χ0v) is 20.2. The molecule has 37 heavy (non-hydrogen) atoms. The van der Waals surface area contributed by atoms with Gasteiger partial charge in [0.25, 0.3) is 0 Å². The predicted molar refractivity (Wildman–Crippen MR) is 143 cm³/mol. The predicted octanol–water partition coefficient (Wildman–Crippen LogP) is 4.87. The van der Waals surface area contributed by atoms with Crippen molar-refractivity contribution in [1.29, 1.82) is 0 Å². The van der Waals surface area contributed by atoms with Crippen LogP contribution in [0.4, 0.5) is 0 Å². The molecule has 0 amide bonds. The highest BCUT2D eigenvalue weighted by molar-refractivity contribution is 5.87. The highest BCUT2D eigenvalue weighted by Gasteiger charge is 2.24. The van der Waals surface area contributed by atoms with Crippen LogP contribution < -0.4 is 5.69 Å². The molecule has 0 spiro atoms. The Kier molecular flexibility index (Phi) is 6.12. The maximum absolute atomic E-state index is 14.0. The minimum Gasteiger partial charge on any atom is -0.508 e. The molecule has 3 aromatic carbocycles. The summed E-state index contributed by atoms with van der Waals surface area (Å²) in [4.78, 5) is 23.9. The van der Waals surface area contributed by atoms with E-state index in [1.165, 1.54) is 0 Å². The van der Waals surface area contributed by atoms with Gasteiger partial charge in [-0.2, -0.15) is 0 Å². The molecule has 0 atom stereocenters. The number of hydrogen-bond donors (Lipinski definition) is 1. The first-order valence-corrected chi connectivity index (χ1v) is 12.3. The summed E-state index contributed by atoms with van der Waals surface area (Å²) in [6, 6.07) is 26.7. The van der Waals surface area contributed by atoms with E-state index in [-0.39, 0.29) is 11.4 Å². The maximum atomic E-state index is 14.0. The van der Waals surface area contributed by atoms with Crippen molar-refractivity contribution in [2.24, 2.45) is 0 Å². The van der Waals surface area contributed by atoms with Crippen LogP contribution in [0.25, 0.3) is 28.1 Å². The number of benzene rings is 3. The van der Waals surface area contributed by atoms with Gasteiger partial charge in [0.15, 0.2) is 11.5 Å². The molecular weight excluding hydrogens is 464 g/mol. The van der Waals surface area contributed by atoms with Crippen LogP contribution in [0.2, 0.25) is 0 Å². The van der Waals surface area contributed by atoms with E-state index in [1.54, 1.807) is 27.3 Å². The maximum Gasteiger partial charge on any atom is 0.331 e. The summed E-state index contributed by atoms with van der Waals surface area (Å²) < 4.78 is 9.08. The molecule has 0 radical (unpaired) electrons. The van der Waals surface area contributed by atoms with Crippen molar-refractivity contribution in [3.8, 4) is 17.1 Å². The first-order valence-electron chi connectivity index (χ1n) is 12.3. The third kappa shape index (κ3) is 4.57. The number of aromatic nitrogens is 4. The molecule has 0 saturated heterocycles. The molecule has 0 bridgehead atoms. The standard InChI is InChI=1S/C30H26N4O3/c35-25-13-7-12-24(18-25)28-31-26(23-14-16-37-17-15-23)27-29(32-28)34(20-22-10-5-2-6-11-22)30(36)33(27)19-21-8-3-1-4-9-21/h1-14,18,35H,15-17,19-20H2. The third-order valence-electron chi connectivity index (χ3n) is 6.59. The summed E-state index contributed by atoms with van der Waals surface area (Å²) in [6.45, 7) is 1.88. The summed E-state index contributed by atoms with van der Waals surface area (Å²) in [7, 11) is 0. The lowest BCUT2D eigenvalue weighted by molar-refractivity contribution is 0.161. The van der Waals surface area contributed by atoms with E-state index in [2.05, 4.69) is 0 Å². The Bertz CT molecular complexity index is 1650. The molecule has 1 aliphatic rings. The van der Waals surface area contributed by atoms with Crippen LogP contribution in [-0.2, 0) is 17.8 Å². The van der Waals surface area contributed by atoms with E-state index in [0.29, 0.717) is 55.3 Å². The first kappa shape index (κ1) is 22.9. The SMILES string of the molecule is O=c1n(Cc2ccccc2)c2nc(-c3cccc(O)c3)nc(C3=CCOCC3)c2n1Cc1ccccc1. The Morgan fingerprint density at radius 3 is 2.19 bits per heavy atom. The second-order valence-electron chi connectivity index (χ2n) is 9.10. The Morgan fingerprint density at radius 1 is 0.838 bits per heavy atom. The number of aromatic hydroxyl groups is 1. The number of ether oxygens (including phenoxy) is 1. The van der Waals surface area contributed by atoms with Crippen LogP contribution in [0.5, 0.6) is 5.75 Å². The highest BCUT2D eigenvalue weighted by atomic mass is 16.5. The monoisotopic (exact) mass is 490 g/mol. The molecule has 0 saturated carbocycles. The van der Waals surface area contributed by atoms with Gasteiger partial charge in [-0.1, -0.05) is 78.9 Å². The summed E-state index contributed by atoms with van der Waals surface area (Å²) in [5, 5.41) is 10.1. The van der Waals surface area contributed by atoms with Gasteiger partial charge in [-0.25, -0.2) is 14.8 Å². The molecular formula is C30H26N4O3. The van der Waals surface area contributed by atoms with Crippen molar-refractivity contribution in [2.75, 3.05) is 13.2 Å². The topological polar surface area (TPSA) is 82.2 Å². The van der Waals surface area contributed by atoms with E-state index in [0.717, 1.165) is 22.4 Å². The Balaban J connectivity index is 1.65. The minimum atomic E-state index is -0.140. The zero-order valence-electron chi connectivity index (χ0n) is 20.2. The van der Waals surface area contributed by atoms with E-state index in [4.69, 9.17) is 14.7 Å². The third-order valence-corrected chi connectivity index (χ3v) is 6.59. The number of hydrogen-bond acceptors (Lipinski definition) is 5. The molecule has 3 heterocycles. The van der Waals surface area contributed by atoms with Gasteiger partial charge in [-0.3, -0.25) is 9.13 Å². The van der Waals surface area contributed by atoms with Gasteiger partial charge in [-0.05, 0) is 35.3 Å². The van der Waals surface area contributed by atoms with Crippen LogP contribution in [0.1, 0.15) is 23.2 Å². The number of fused-ring (bicyclic) bond motifs is 1. The second-order valence-corrected chi connectivity index (χ2v) is 9.10. The van der Waals surface area contributed by atoms with Gasteiger partial charge in [0.1, 0.15) is 11.3 Å². The number of phenolic OH excluding ortho intramolecular Hbond substituents is 1. The van der Waals surface area contributed by atoms with Crippen LogP contribution >= 0.6 is 0 Å². The fourth-order valence-electron chi connectivity index (χ4n) is 4.77. The number of nitrogens with zero attached hydrogens (tertiary/aromatic N) is 4. The fourth-order valence-corrected chi connectivity index (χ4v) is 4.77. The summed E-state index contributed by atoms with van der Waals surface area (Å²) >= 11 is 0. The van der Waals surface area contributed by atoms with E-state index < -0.39 is 0 Å². The van der Waals surface area contributed by atoms with Crippen molar-refractivity contribution in [1.82, 2.24) is 19.1 Å². The Labute approximate surface area is 214 Å². The molecule has 184 valence electrons. The molecule has 1 N–H and O–H groups in total. The zero-order chi connectivity index (χ0) is 25.2. The van der Waals surface area contributed by atoms with Gasteiger partial charge in [0, 0.05) is 5.56 Å². The lowest BCUT2D eigenvalue weighted by Gasteiger charge is -2.16. The van der Waals surface area contributed by atoms with Crippen molar-refractivity contribution >= 4 is 16.7 Å². The molecule has 1 aliphatic heterocycles. The number of imidazole rings is 1. The molecule has 0 unspecified atom stereocenters. The molecule has 6 rings (SSSR count). The summed E-state index contributed by atoms with van der Waals surface area (Å²) in [6.07, 6.45) is 2.72. The van der Waals surface area contributed by atoms with Crippen molar-refractivity contribution < 1.29 is 9.84 Å². The Morgan fingerprint density at radius 2 is 1.54 bits per heavy atom. The molecule has 7 heteroatoms. The van der Waals surface area contributed by atoms with Crippen LogP contribution in [0.3, 0.4) is 0 Å². The lowest BCUT2D eigenvalue weighted by atomic mass is 10.1. The van der Waals surface area contributed by atoms with E-state index in [1.807, 2.05) is 72.8 Å². The van der Waals surface area contributed by atoms with Crippen LogP contribution in [-0.4, -0.2) is 37.4 Å². The van der Waals surface area contributed by atoms with Gasteiger partial charge >= 0.3 is 5.69 Å². The second kappa shape index (κ2) is 9.87. The molecule has 2 aromatic heterocycles. The van der Waals surface area contributed by atoms with E-state index >= 15 is 0 Å². The number of phenols is 1. The van der Waals surface area contributed by atoms with Crippen molar-refractivity contribution in [2.45, 2.75) is 19.5 Å². The normalized spacial score (nSPS) is 13.6. The molecule has 0 fully saturated rings. The fraction of sp³-hybridized carbons (Fsp3) is 0.167. The van der Waals surface area contributed by atoms with Gasteiger partial charge in [-0.15, -0.1) is 0 Å². The smallest absolute Gasteiger partial charge is 0.331 e. The average molecular weight is 491 g/mol. The van der Waals surface area contributed by atoms with Crippen molar-refractivity contribution in [3.05, 3.63) is 118 Å². The summed E-state index contributed by atoms with van der Waals surface area (Å²) in [5.41, 5.74) is 5.61. The van der Waals surface area contributed by atoms with Crippen molar-refractivity contribution in [3.63, 3.8) is 0 Å². The molecule has 7 nitrogen and oxygen atoms in total. The molecule has 5 aromatic rings. The van der Waals surface area contributed by atoms with Gasteiger partial charge in [0.05, 0.1) is 32.0 Å². The average Bonchev–Trinajstić information content (AvgIpc) is 3.20. The van der Waals surface area contributed by atoms with Gasteiger partial charge < -0.3 is 9.84 Å². The Hall–Kier alpha value is -4.49. The van der Waals surface area contributed by atoms with Gasteiger partial charge in [0.2, 0.25) is 0 Å². The van der Waals surface area contributed by atoms with E-state index in [9.17, 15) is 9.90 Å². The summed E-state index contributed by atoms with van der Waals surface area (Å²) in [5.74, 6) is 0.598. The minimum absolute atomic E-state index is 0.136. The lowest BCUT2D eigenvalue weighted by Crippen LogP contribution is -2.25.